The van der Waals surface area contributed by atoms with Crippen molar-refractivity contribution in [3.8, 4) is 17.1 Å². The number of halogens is 1. The van der Waals surface area contributed by atoms with Gasteiger partial charge in [-0.05, 0) is 55.3 Å². The molecule has 7 heteroatoms. The van der Waals surface area contributed by atoms with Gasteiger partial charge in [0.05, 0.1) is 34.9 Å². The van der Waals surface area contributed by atoms with Crippen LogP contribution < -0.4 is 9.64 Å². The summed E-state index contributed by atoms with van der Waals surface area (Å²) in [4.78, 5) is 15.2. The van der Waals surface area contributed by atoms with E-state index in [2.05, 4.69) is 55.9 Å². The summed E-state index contributed by atoms with van der Waals surface area (Å²) in [5, 5.41) is 0. The molecule has 31 heavy (non-hydrogen) atoms. The second-order valence-electron chi connectivity index (χ2n) is 7.84. The van der Waals surface area contributed by atoms with Crippen LogP contribution in [-0.2, 0) is 4.74 Å². The van der Waals surface area contributed by atoms with Crippen molar-refractivity contribution in [2.75, 3.05) is 25.2 Å². The number of aryl methyl sites for hydroxylation is 2. The van der Waals surface area contributed by atoms with Gasteiger partial charge in [-0.15, -0.1) is 0 Å². The van der Waals surface area contributed by atoms with Crippen LogP contribution >= 0.6 is 15.9 Å². The summed E-state index contributed by atoms with van der Waals surface area (Å²) in [5.41, 5.74) is 6.07. The highest BCUT2D eigenvalue weighted by Crippen LogP contribution is 2.44. The van der Waals surface area contributed by atoms with Crippen molar-refractivity contribution in [3.63, 3.8) is 0 Å². The molecule has 0 fully saturated rings. The number of pyridine rings is 1. The van der Waals surface area contributed by atoms with Gasteiger partial charge in [-0.3, -0.25) is 0 Å². The third-order valence-electron chi connectivity index (χ3n) is 5.54. The number of fused-ring (bicyclic) bond motifs is 2. The molecular weight excluding hydrogens is 456 g/mol. The Labute approximate surface area is 189 Å². The van der Waals surface area contributed by atoms with Gasteiger partial charge >= 0.3 is 0 Å². The van der Waals surface area contributed by atoms with Crippen molar-refractivity contribution in [2.24, 2.45) is 0 Å². The molecule has 0 saturated heterocycles. The molecule has 5 rings (SSSR count). The van der Waals surface area contributed by atoms with E-state index in [1.54, 1.807) is 7.11 Å². The number of benzene rings is 2. The first-order valence-corrected chi connectivity index (χ1v) is 11.0. The van der Waals surface area contributed by atoms with Crippen molar-refractivity contribution < 1.29 is 9.47 Å². The Morgan fingerprint density at radius 1 is 1.23 bits per heavy atom. The van der Waals surface area contributed by atoms with Crippen LogP contribution in [0, 0.1) is 13.8 Å². The van der Waals surface area contributed by atoms with Gasteiger partial charge in [0.25, 0.3) is 0 Å². The number of aromatic nitrogens is 3. The fourth-order valence-electron chi connectivity index (χ4n) is 4.11. The molecule has 2 aromatic carbocycles. The molecule has 2 aromatic heterocycles. The van der Waals surface area contributed by atoms with E-state index in [0.29, 0.717) is 13.2 Å². The predicted octanol–water partition coefficient (Wildman–Crippen LogP) is 5.55. The first kappa shape index (κ1) is 20.0. The number of nitrogens with one attached hydrogen (secondary N) is 1. The average Bonchev–Trinajstić information content (AvgIpc) is 3.18. The Hall–Kier alpha value is -2.90. The molecule has 1 aliphatic rings. The Bertz CT molecular complexity index is 1250. The topological polar surface area (TPSA) is 63.3 Å². The highest BCUT2D eigenvalue weighted by Gasteiger charge is 2.32. The second-order valence-corrected chi connectivity index (χ2v) is 8.76. The van der Waals surface area contributed by atoms with E-state index in [1.165, 1.54) is 0 Å². The van der Waals surface area contributed by atoms with Crippen LogP contribution in [0.3, 0.4) is 0 Å². The van der Waals surface area contributed by atoms with Gasteiger partial charge in [0.1, 0.15) is 18.2 Å². The van der Waals surface area contributed by atoms with Crippen LogP contribution in [0.1, 0.15) is 11.1 Å². The zero-order chi connectivity index (χ0) is 21.5. The third kappa shape index (κ3) is 3.58. The molecule has 1 atom stereocenters. The number of anilines is 2. The van der Waals surface area contributed by atoms with E-state index in [4.69, 9.17) is 14.5 Å². The number of aromatic amines is 1. The van der Waals surface area contributed by atoms with Gasteiger partial charge in [0.15, 0.2) is 5.75 Å². The van der Waals surface area contributed by atoms with Gasteiger partial charge in [-0.25, -0.2) is 9.97 Å². The van der Waals surface area contributed by atoms with E-state index >= 15 is 0 Å². The van der Waals surface area contributed by atoms with Gasteiger partial charge in [-0.2, -0.15) is 0 Å². The Morgan fingerprint density at radius 3 is 2.87 bits per heavy atom. The average molecular weight is 479 g/mol. The molecule has 0 spiro atoms. The largest absolute Gasteiger partial charge is 0.488 e. The zero-order valence-corrected chi connectivity index (χ0v) is 19.2. The minimum atomic E-state index is 0.0248. The summed E-state index contributed by atoms with van der Waals surface area (Å²) in [5.74, 6) is 2.46. The minimum Gasteiger partial charge on any atom is -0.488 e. The number of methoxy groups -OCH3 is 1. The van der Waals surface area contributed by atoms with Gasteiger partial charge < -0.3 is 19.4 Å². The van der Waals surface area contributed by atoms with E-state index in [9.17, 15) is 0 Å². The number of imidazole rings is 1. The molecule has 6 nitrogen and oxygen atoms in total. The number of para-hydroxylation sites is 1. The van der Waals surface area contributed by atoms with Crippen LogP contribution in [0.4, 0.5) is 11.5 Å². The van der Waals surface area contributed by atoms with Crippen molar-refractivity contribution in [3.05, 3.63) is 64.3 Å². The fraction of sp³-hybridized carbons (Fsp3) is 0.250. The predicted molar refractivity (Wildman–Crippen MR) is 126 cm³/mol. The monoisotopic (exact) mass is 478 g/mol. The minimum absolute atomic E-state index is 0.0248. The molecule has 0 amide bonds. The number of hydrogen-bond donors (Lipinski definition) is 1. The summed E-state index contributed by atoms with van der Waals surface area (Å²) in [6.07, 6.45) is 1.89. The molecule has 4 aromatic rings. The highest BCUT2D eigenvalue weighted by molar-refractivity contribution is 9.10. The van der Waals surface area contributed by atoms with E-state index in [0.717, 1.165) is 55.3 Å². The van der Waals surface area contributed by atoms with Crippen LogP contribution in [0.5, 0.6) is 5.75 Å². The van der Waals surface area contributed by atoms with Crippen LogP contribution in [0.15, 0.2) is 53.1 Å². The van der Waals surface area contributed by atoms with Crippen LogP contribution in [0.25, 0.3) is 22.4 Å². The standard InChI is InChI=1S/C24H23BrN4O2/c1-14-7-8-21(26-11-14)29-17(12-30-3)13-31-23-18(5-4-6-20(23)29)24-27-19-10-16(25)9-15(2)22(19)28-24/h4-11,17H,12-13H2,1-3H3,(H,27,28)/t17-/m0/s1. The lowest BCUT2D eigenvalue weighted by atomic mass is 10.1. The Balaban J connectivity index is 1.65. The lowest BCUT2D eigenvalue weighted by Crippen LogP contribution is -2.43. The molecule has 3 heterocycles. The summed E-state index contributed by atoms with van der Waals surface area (Å²) in [6.45, 7) is 5.14. The van der Waals surface area contributed by atoms with Crippen molar-refractivity contribution in [2.45, 2.75) is 19.9 Å². The Morgan fingerprint density at radius 2 is 2.10 bits per heavy atom. The fourth-order valence-corrected chi connectivity index (χ4v) is 4.68. The van der Waals surface area contributed by atoms with Crippen molar-refractivity contribution in [1.29, 1.82) is 0 Å². The van der Waals surface area contributed by atoms with Crippen molar-refractivity contribution >= 4 is 38.5 Å². The van der Waals surface area contributed by atoms with Crippen molar-refractivity contribution in [1.82, 2.24) is 15.0 Å². The molecule has 0 aliphatic carbocycles. The summed E-state index contributed by atoms with van der Waals surface area (Å²) in [6, 6.07) is 14.4. The number of rotatable bonds is 4. The summed E-state index contributed by atoms with van der Waals surface area (Å²) >= 11 is 3.57. The molecule has 0 saturated carbocycles. The highest BCUT2D eigenvalue weighted by atomic mass is 79.9. The maximum absolute atomic E-state index is 6.28. The molecule has 0 unspecified atom stereocenters. The number of hydrogen-bond acceptors (Lipinski definition) is 5. The van der Waals surface area contributed by atoms with Crippen LogP contribution in [0.2, 0.25) is 0 Å². The maximum atomic E-state index is 6.28. The normalized spacial score (nSPS) is 15.7. The van der Waals surface area contributed by atoms with Gasteiger partial charge in [0, 0.05) is 17.8 Å². The van der Waals surface area contributed by atoms with E-state index < -0.39 is 0 Å². The molecule has 1 aliphatic heterocycles. The zero-order valence-electron chi connectivity index (χ0n) is 17.6. The number of nitrogens with zero attached hydrogens (tertiary/aromatic N) is 3. The maximum Gasteiger partial charge on any atom is 0.154 e. The molecule has 0 bridgehead atoms. The quantitative estimate of drug-likeness (QED) is 0.416. The summed E-state index contributed by atoms with van der Waals surface area (Å²) < 4.78 is 12.8. The molecule has 1 N–H and O–H groups in total. The third-order valence-corrected chi connectivity index (χ3v) is 6.00. The van der Waals surface area contributed by atoms with E-state index in [-0.39, 0.29) is 6.04 Å². The van der Waals surface area contributed by atoms with Crippen LogP contribution in [-0.4, -0.2) is 41.3 Å². The van der Waals surface area contributed by atoms with Gasteiger partial charge in [0.2, 0.25) is 0 Å². The molecule has 158 valence electrons. The number of H-pyrrole nitrogens is 1. The smallest absolute Gasteiger partial charge is 0.154 e. The van der Waals surface area contributed by atoms with E-state index in [1.807, 2.05) is 37.4 Å². The molecular formula is C24H23BrN4O2. The van der Waals surface area contributed by atoms with Gasteiger partial charge in [-0.1, -0.05) is 28.1 Å². The summed E-state index contributed by atoms with van der Waals surface area (Å²) in [7, 11) is 1.71. The lowest BCUT2D eigenvalue weighted by molar-refractivity contribution is 0.146. The lowest BCUT2D eigenvalue weighted by Gasteiger charge is -2.38. The second kappa shape index (κ2) is 7.98. The molecule has 0 radical (unpaired) electrons. The first-order valence-electron chi connectivity index (χ1n) is 10.2. The SMILES string of the molecule is COC[C@H]1COc2c(-c3nc4c(C)cc(Br)cc4[nH]3)cccc2N1c1ccc(C)cn1. The number of ether oxygens (including phenoxy) is 2. The first-order chi connectivity index (χ1) is 15.0. The Kier molecular flexibility index (Phi) is 5.16.